The molecular weight excluding hydrogens is 431 g/mol. The van der Waals surface area contributed by atoms with E-state index in [1.165, 1.54) is 11.6 Å². The maximum atomic E-state index is 13.9. The third-order valence-electron chi connectivity index (χ3n) is 5.29. The molecule has 29 heavy (non-hydrogen) atoms. The lowest BCUT2D eigenvalue weighted by Gasteiger charge is -2.30. The maximum absolute atomic E-state index is 13.9. The molecule has 1 aliphatic rings. The first-order valence-corrected chi connectivity index (χ1v) is 10.5. The second kappa shape index (κ2) is 8.39. The standard InChI is InChI=1S/C24H22BrFN2O/c1-2-15-6-8-16(9-7-15)21-14-22(20-13-18(25)10-11-23(20)29)28-24(27-21)17-4-3-5-19(26)12-17/h3-14,22,24,27-29H,2H2,1H3/p+1. The predicted molar refractivity (Wildman–Crippen MR) is 117 cm³/mol. The molecule has 3 aromatic rings. The number of nitrogens with one attached hydrogen (secondary N) is 1. The largest absolute Gasteiger partial charge is 0.507 e. The van der Waals surface area contributed by atoms with Crippen LogP contribution in [0.3, 0.4) is 0 Å². The molecule has 4 rings (SSSR count). The Kier molecular flexibility index (Phi) is 5.69. The van der Waals surface area contributed by atoms with Crippen molar-refractivity contribution in [3.63, 3.8) is 0 Å². The SMILES string of the molecule is CCc1ccc(C2=CC(c3cc(Br)ccc3O)[NH2+]C(c3cccc(F)c3)N2)cc1. The van der Waals surface area contributed by atoms with Crippen molar-refractivity contribution in [1.82, 2.24) is 5.32 Å². The molecule has 0 spiro atoms. The minimum Gasteiger partial charge on any atom is -0.507 e. The van der Waals surface area contributed by atoms with Crippen molar-refractivity contribution >= 4 is 21.6 Å². The molecule has 0 bridgehead atoms. The molecule has 0 amide bonds. The number of rotatable bonds is 4. The summed E-state index contributed by atoms with van der Waals surface area (Å²) in [6.45, 7) is 2.13. The van der Waals surface area contributed by atoms with Crippen LogP contribution < -0.4 is 10.6 Å². The fourth-order valence-electron chi connectivity index (χ4n) is 3.69. The first kappa shape index (κ1) is 19.7. The molecule has 1 heterocycles. The lowest BCUT2D eigenvalue weighted by molar-refractivity contribution is -0.731. The van der Waals surface area contributed by atoms with Gasteiger partial charge in [-0.05, 0) is 47.9 Å². The predicted octanol–water partition coefficient (Wildman–Crippen LogP) is 4.80. The fourth-order valence-corrected chi connectivity index (χ4v) is 4.06. The summed E-state index contributed by atoms with van der Waals surface area (Å²) in [4.78, 5) is 0. The van der Waals surface area contributed by atoms with Gasteiger partial charge in [-0.15, -0.1) is 0 Å². The number of aryl methyl sites for hydroxylation is 1. The van der Waals surface area contributed by atoms with Crippen molar-refractivity contribution in [2.75, 3.05) is 0 Å². The smallest absolute Gasteiger partial charge is 0.186 e. The van der Waals surface area contributed by atoms with E-state index in [4.69, 9.17) is 0 Å². The number of nitrogens with two attached hydrogens (primary N) is 1. The van der Waals surface area contributed by atoms with E-state index in [2.05, 4.69) is 63.8 Å². The molecule has 0 saturated heterocycles. The first-order valence-electron chi connectivity index (χ1n) is 9.70. The monoisotopic (exact) mass is 453 g/mol. The number of hydrogen-bond acceptors (Lipinski definition) is 2. The minimum atomic E-state index is -0.261. The average molecular weight is 454 g/mol. The van der Waals surface area contributed by atoms with Crippen molar-refractivity contribution in [1.29, 1.82) is 0 Å². The highest BCUT2D eigenvalue weighted by molar-refractivity contribution is 9.10. The number of halogens is 2. The van der Waals surface area contributed by atoms with Crippen molar-refractivity contribution in [2.24, 2.45) is 0 Å². The van der Waals surface area contributed by atoms with Crippen LogP contribution in [-0.4, -0.2) is 5.11 Å². The summed E-state index contributed by atoms with van der Waals surface area (Å²) >= 11 is 3.50. The van der Waals surface area contributed by atoms with Crippen LogP contribution in [0.1, 0.15) is 41.4 Å². The molecular formula is C24H23BrFN2O+. The number of aromatic hydroxyl groups is 1. The lowest BCUT2D eigenvalue weighted by Crippen LogP contribution is -2.89. The average Bonchev–Trinajstić information content (AvgIpc) is 2.75. The van der Waals surface area contributed by atoms with Crippen LogP contribution >= 0.6 is 15.9 Å². The summed E-state index contributed by atoms with van der Waals surface area (Å²) in [5.41, 5.74) is 4.97. The van der Waals surface area contributed by atoms with E-state index in [1.807, 2.05) is 18.2 Å². The molecule has 4 N–H and O–H groups in total. The summed E-state index contributed by atoms with van der Waals surface area (Å²) in [6, 6.07) is 20.4. The van der Waals surface area contributed by atoms with Gasteiger partial charge in [-0.3, -0.25) is 0 Å². The van der Waals surface area contributed by atoms with Crippen molar-refractivity contribution < 1.29 is 14.8 Å². The molecule has 2 unspecified atom stereocenters. The van der Waals surface area contributed by atoms with E-state index in [1.54, 1.807) is 18.2 Å². The third kappa shape index (κ3) is 4.36. The number of phenols is 1. The van der Waals surface area contributed by atoms with E-state index in [0.717, 1.165) is 33.3 Å². The Morgan fingerprint density at radius 3 is 2.59 bits per heavy atom. The Bertz CT molecular complexity index is 1050. The Labute approximate surface area is 178 Å². The molecule has 148 valence electrons. The number of benzene rings is 3. The Balaban J connectivity index is 1.76. The summed E-state index contributed by atoms with van der Waals surface area (Å²) in [5.74, 6) is -0.0192. The van der Waals surface area contributed by atoms with Crippen LogP contribution in [0, 0.1) is 5.82 Å². The van der Waals surface area contributed by atoms with E-state index in [-0.39, 0.29) is 23.8 Å². The lowest BCUT2D eigenvalue weighted by atomic mass is 9.97. The molecule has 3 aromatic carbocycles. The molecule has 2 atom stereocenters. The van der Waals surface area contributed by atoms with Gasteiger partial charge < -0.3 is 15.7 Å². The Morgan fingerprint density at radius 1 is 1.07 bits per heavy atom. The second-order valence-electron chi connectivity index (χ2n) is 7.23. The summed E-state index contributed by atoms with van der Waals surface area (Å²) in [5, 5.41) is 16.1. The van der Waals surface area contributed by atoms with Gasteiger partial charge in [0, 0.05) is 21.8 Å². The van der Waals surface area contributed by atoms with Gasteiger partial charge in [0.1, 0.15) is 17.6 Å². The van der Waals surface area contributed by atoms with E-state index in [0.29, 0.717) is 0 Å². The minimum absolute atomic E-state index is 0.122. The molecule has 1 aliphatic heterocycles. The number of phenolic OH excluding ortho intramolecular Hbond substituents is 1. The zero-order chi connectivity index (χ0) is 20.4. The highest BCUT2D eigenvalue weighted by atomic mass is 79.9. The van der Waals surface area contributed by atoms with Crippen molar-refractivity contribution in [3.8, 4) is 5.75 Å². The fraction of sp³-hybridized carbons (Fsp3) is 0.167. The van der Waals surface area contributed by atoms with Gasteiger partial charge in [-0.25, -0.2) is 4.39 Å². The maximum Gasteiger partial charge on any atom is 0.186 e. The topological polar surface area (TPSA) is 48.9 Å². The van der Waals surface area contributed by atoms with Crippen LogP contribution in [-0.2, 0) is 6.42 Å². The van der Waals surface area contributed by atoms with Crippen LogP contribution in [0.25, 0.3) is 5.70 Å². The number of hydrogen-bond donors (Lipinski definition) is 3. The molecule has 0 aliphatic carbocycles. The van der Waals surface area contributed by atoms with Crippen LogP contribution in [0.2, 0.25) is 0 Å². The van der Waals surface area contributed by atoms with Gasteiger partial charge in [-0.2, -0.15) is 0 Å². The van der Waals surface area contributed by atoms with Gasteiger partial charge >= 0.3 is 0 Å². The van der Waals surface area contributed by atoms with Gasteiger partial charge in [-0.1, -0.05) is 59.3 Å². The zero-order valence-corrected chi connectivity index (χ0v) is 17.7. The molecule has 5 heteroatoms. The third-order valence-corrected chi connectivity index (χ3v) is 5.78. The van der Waals surface area contributed by atoms with Crippen LogP contribution in [0.4, 0.5) is 4.39 Å². The highest BCUT2D eigenvalue weighted by Gasteiger charge is 2.29. The normalized spacial score (nSPS) is 18.8. The van der Waals surface area contributed by atoms with Crippen LogP contribution in [0.15, 0.2) is 77.3 Å². The first-order chi connectivity index (χ1) is 14.0. The quantitative estimate of drug-likeness (QED) is 0.531. The van der Waals surface area contributed by atoms with Crippen LogP contribution in [0.5, 0.6) is 5.75 Å². The van der Waals surface area contributed by atoms with Gasteiger partial charge in [0.2, 0.25) is 0 Å². The van der Waals surface area contributed by atoms with Gasteiger partial charge in [0.25, 0.3) is 0 Å². The summed E-state index contributed by atoms with van der Waals surface area (Å²) in [6.07, 6.45) is 2.92. The van der Waals surface area contributed by atoms with E-state index in [9.17, 15) is 9.50 Å². The molecule has 0 radical (unpaired) electrons. The Morgan fingerprint density at radius 2 is 1.86 bits per heavy atom. The molecule has 0 fully saturated rings. The summed E-state index contributed by atoms with van der Waals surface area (Å²) in [7, 11) is 0. The molecule has 3 nitrogen and oxygen atoms in total. The highest BCUT2D eigenvalue weighted by Crippen LogP contribution is 2.31. The molecule has 0 aromatic heterocycles. The van der Waals surface area contributed by atoms with Crippen molar-refractivity contribution in [2.45, 2.75) is 25.6 Å². The zero-order valence-electron chi connectivity index (χ0n) is 16.1. The second-order valence-corrected chi connectivity index (χ2v) is 8.14. The van der Waals surface area contributed by atoms with Gasteiger partial charge in [0.05, 0.1) is 5.56 Å². The van der Waals surface area contributed by atoms with E-state index < -0.39 is 0 Å². The van der Waals surface area contributed by atoms with Crippen molar-refractivity contribution in [3.05, 3.63) is 105 Å². The Hall–Kier alpha value is -2.63. The summed E-state index contributed by atoms with van der Waals surface area (Å²) < 4.78 is 14.8. The van der Waals surface area contributed by atoms with Gasteiger partial charge in [0.15, 0.2) is 6.17 Å². The van der Waals surface area contributed by atoms with E-state index >= 15 is 0 Å². The molecule has 0 saturated carbocycles. The number of quaternary nitrogens is 1.